The minimum absolute atomic E-state index is 0.224. The number of anilines is 2. The van der Waals surface area contributed by atoms with Crippen molar-refractivity contribution in [2.45, 2.75) is 19.6 Å². The molecule has 0 radical (unpaired) electrons. The Balaban J connectivity index is 1.82. The van der Waals surface area contributed by atoms with Crippen LogP contribution in [0, 0.1) is 11.3 Å². The van der Waals surface area contributed by atoms with E-state index in [4.69, 9.17) is 10.5 Å². The van der Waals surface area contributed by atoms with Gasteiger partial charge in [0.05, 0.1) is 5.69 Å². The molecule has 0 bridgehead atoms. The van der Waals surface area contributed by atoms with Gasteiger partial charge in [0.15, 0.2) is 5.82 Å². The molecule has 4 heterocycles. The number of nitrogens with zero attached hydrogens (tertiary/aromatic N) is 7. The topological polar surface area (TPSA) is 127 Å². The van der Waals surface area contributed by atoms with Crippen molar-refractivity contribution in [1.82, 2.24) is 24.9 Å². The standard InChI is InChI=1S/C19H18N8O/c1-28-11-16-24-8-12(9-25-16)17-13(7-20)18(21)26-15-3-6-27(10-14(15)17)19-22-4-2-5-23-19/h2,4-5,8-9H,3,6,10-11H2,1H3,(H2,21,26). The summed E-state index contributed by atoms with van der Waals surface area (Å²) >= 11 is 0. The molecule has 4 rings (SSSR count). The average molecular weight is 374 g/mol. The SMILES string of the molecule is COCc1ncc(-c2c(C#N)c(N)nc3c2CN(c2ncccn2)CC3)cn1. The van der Waals surface area contributed by atoms with E-state index >= 15 is 0 Å². The highest BCUT2D eigenvalue weighted by Gasteiger charge is 2.26. The maximum absolute atomic E-state index is 9.71. The van der Waals surface area contributed by atoms with Crippen LogP contribution < -0.4 is 10.6 Å². The van der Waals surface area contributed by atoms with Crippen molar-refractivity contribution in [3.8, 4) is 17.2 Å². The van der Waals surface area contributed by atoms with E-state index in [0.717, 1.165) is 28.9 Å². The van der Waals surface area contributed by atoms with Gasteiger partial charge in [-0.2, -0.15) is 5.26 Å². The molecular formula is C19H18N8O. The molecule has 0 spiro atoms. The molecule has 0 unspecified atom stereocenters. The molecule has 28 heavy (non-hydrogen) atoms. The van der Waals surface area contributed by atoms with Crippen LogP contribution in [0.2, 0.25) is 0 Å². The number of aromatic nitrogens is 5. The fraction of sp³-hybridized carbons (Fsp3) is 0.263. The average Bonchev–Trinajstić information content (AvgIpc) is 2.74. The van der Waals surface area contributed by atoms with Crippen LogP contribution in [0.4, 0.5) is 11.8 Å². The second-order valence-electron chi connectivity index (χ2n) is 6.33. The molecule has 140 valence electrons. The molecule has 0 aliphatic carbocycles. The molecule has 0 saturated carbocycles. The second-order valence-corrected chi connectivity index (χ2v) is 6.33. The molecular weight excluding hydrogens is 356 g/mol. The lowest BCUT2D eigenvalue weighted by Gasteiger charge is -2.30. The lowest BCUT2D eigenvalue weighted by Crippen LogP contribution is -2.33. The van der Waals surface area contributed by atoms with Gasteiger partial charge in [0.1, 0.15) is 24.1 Å². The Morgan fingerprint density at radius 2 is 1.96 bits per heavy atom. The first-order valence-electron chi connectivity index (χ1n) is 8.74. The van der Waals surface area contributed by atoms with E-state index in [1.165, 1.54) is 0 Å². The zero-order valence-electron chi connectivity index (χ0n) is 15.3. The molecule has 3 aromatic heterocycles. The maximum Gasteiger partial charge on any atom is 0.225 e. The molecule has 0 fully saturated rings. The van der Waals surface area contributed by atoms with Gasteiger partial charge in [-0.15, -0.1) is 0 Å². The maximum atomic E-state index is 9.71. The van der Waals surface area contributed by atoms with Crippen LogP contribution in [0.1, 0.15) is 22.6 Å². The Morgan fingerprint density at radius 1 is 1.21 bits per heavy atom. The number of methoxy groups -OCH3 is 1. The van der Waals surface area contributed by atoms with E-state index in [2.05, 4.69) is 35.9 Å². The fourth-order valence-corrected chi connectivity index (χ4v) is 3.32. The first kappa shape index (κ1) is 17.8. The fourth-order valence-electron chi connectivity index (χ4n) is 3.32. The highest BCUT2D eigenvalue weighted by Crippen LogP contribution is 2.35. The number of rotatable bonds is 4. The van der Waals surface area contributed by atoms with E-state index in [-0.39, 0.29) is 5.82 Å². The third-order valence-corrected chi connectivity index (χ3v) is 4.59. The van der Waals surface area contributed by atoms with Gasteiger partial charge in [-0.3, -0.25) is 0 Å². The van der Waals surface area contributed by atoms with Gasteiger partial charge >= 0.3 is 0 Å². The first-order valence-corrected chi connectivity index (χ1v) is 8.74. The molecule has 0 aromatic carbocycles. The Bertz CT molecular complexity index is 1030. The predicted octanol–water partition coefficient (Wildman–Crippen LogP) is 1.49. The molecule has 2 N–H and O–H groups in total. The van der Waals surface area contributed by atoms with Gasteiger partial charge in [0.25, 0.3) is 0 Å². The lowest BCUT2D eigenvalue weighted by atomic mass is 9.92. The highest BCUT2D eigenvalue weighted by molar-refractivity contribution is 5.79. The Kier molecular flexibility index (Phi) is 4.78. The number of ether oxygens (including phenoxy) is 1. The number of fused-ring (bicyclic) bond motifs is 1. The van der Waals surface area contributed by atoms with Gasteiger partial charge in [-0.1, -0.05) is 0 Å². The number of hydrogen-bond donors (Lipinski definition) is 1. The number of pyridine rings is 1. The molecule has 9 heteroatoms. The summed E-state index contributed by atoms with van der Waals surface area (Å²) in [5.41, 5.74) is 9.65. The quantitative estimate of drug-likeness (QED) is 0.722. The van der Waals surface area contributed by atoms with E-state index in [9.17, 15) is 5.26 Å². The van der Waals surface area contributed by atoms with Crippen molar-refractivity contribution >= 4 is 11.8 Å². The zero-order valence-corrected chi connectivity index (χ0v) is 15.3. The Morgan fingerprint density at radius 3 is 2.64 bits per heavy atom. The normalized spacial score (nSPS) is 13.1. The summed E-state index contributed by atoms with van der Waals surface area (Å²) < 4.78 is 5.06. The van der Waals surface area contributed by atoms with Crippen molar-refractivity contribution in [1.29, 1.82) is 5.26 Å². The third-order valence-electron chi connectivity index (χ3n) is 4.59. The largest absolute Gasteiger partial charge is 0.383 e. The lowest BCUT2D eigenvalue weighted by molar-refractivity contribution is 0.178. The van der Waals surface area contributed by atoms with Crippen LogP contribution in [0.3, 0.4) is 0 Å². The molecule has 1 aliphatic heterocycles. The monoisotopic (exact) mass is 374 g/mol. The molecule has 3 aromatic rings. The Hall–Kier alpha value is -3.64. The molecule has 1 aliphatic rings. The van der Waals surface area contributed by atoms with Crippen molar-refractivity contribution in [2.75, 3.05) is 24.3 Å². The Labute approximate surface area is 161 Å². The van der Waals surface area contributed by atoms with E-state index < -0.39 is 0 Å². The van der Waals surface area contributed by atoms with Crippen molar-refractivity contribution in [3.63, 3.8) is 0 Å². The number of hydrogen-bond acceptors (Lipinski definition) is 9. The van der Waals surface area contributed by atoms with E-state index in [1.54, 1.807) is 38.0 Å². The minimum atomic E-state index is 0.224. The first-order chi connectivity index (χ1) is 13.7. The summed E-state index contributed by atoms with van der Waals surface area (Å²) in [4.78, 5) is 23.9. The minimum Gasteiger partial charge on any atom is -0.383 e. The van der Waals surface area contributed by atoms with E-state index in [0.29, 0.717) is 36.9 Å². The van der Waals surface area contributed by atoms with Gasteiger partial charge < -0.3 is 15.4 Å². The van der Waals surface area contributed by atoms with Crippen LogP contribution in [0.15, 0.2) is 30.9 Å². The van der Waals surface area contributed by atoms with Crippen molar-refractivity contribution in [2.24, 2.45) is 0 Å². The summed E-state index contributed by atoms with van der Waals surface area (Å²) in [6.07, 6.45) is 7.48. The number of nitrogen functional groups attached to an aromatic ring is 1. The summed E-state index contributed by atoms with van der Waals surface area (Å²) in [7, 11) is 1.59. The van der Waals surface area contributed by atoms with Crippen LogP contribution in [0.5, 0.6) is 0 Å². The summed E-state index contributed by atoms with van der Waals surface area (Å²) in [6, 6.07) is 3.97. The highest BCUT2D eigenvalue weighted by atomic mass is 16.5. The molecule has 0 saturated heterocycles. The van der Waals surface area contributed by atoms with Gasteiger partial charge in [0.2, 0.25) is 5.95 Å². The van der Waals surface area contributed by atoms with Gasteiger partial charge in [0, 0.05) is 68.1 Å². The van der Waals surface area contributed by atoms with Crippen molar-refractivity contribution in [3.05, 3.63) is 53.5 Å². The van der Waals surface area contributed by atoms with Crippen molar-refractivity contribution < 1.29 is 4.74 Å². The summed E-state index contributed by atoms with van der Waals surface area (Å²) in [5.74, 6) is 1.43. The van der Waals surface area contributed by atoms with Crippen LogP contribution >= 0.6 is 0 Å². The summed E-state index contributed by atoms with van der Waals surface area (Å²) in [5, 5.41) is 9.71. The molecule has 0 atom stereocenters. The van der Waals surface area contributed by atoms with E-state index in [1.807, 2.05) is 0 Å². The number of nitrogens with two attached hydrogens (primary N) is 1. The summed E-state index contributed by atoms with van der Waals surface area (Å²) in [6.45, 7) is 1.57. The van der Waals surface area contributed by atoms with Crippen LogP contribution in [-0.4, -0.2) is 38.6 Å². The molecule has 0 amide bonds. The van der Waals surface area contributed by atoms with Crippen LogP contribution in [-0.2, 0) is 24.3 Å². The van der Waals surface area contributed by atoms with Gasteiger partial charge in [-0.05, 0) is 6.07 Å². The second kappa shape index (κ2) is 7.54. The van der Waals surface area contributed by atoms with Crippen LogP contribution in [0.25, 0.3) is 11.1 Å². The third kappa shape index (κ3) is 3.21. The smallest absolute Gasteiger partial charge is 0.225 e. The number of nitriles is 1. The van der Waals surface area contributed by atoms with Gasteiger partial charge in [-0.25, -0.2) is 24.9 Å². The predicted molar refractivity (Wildman–Crippen MR) is 102 cm³/mol. The zero-order chi connectivity index (χ0) is 19.5. The molecule has 9 nitrogen and oxygen atoms in total.